The topological polar surface area (TPSA) is 56.5 Å². The van der Waals surface area contributed by atoms with Crippen LogP contribution in [0.5, 0.6) is 11.5 Å². The Morgan fingerprint density at radius 3 is 2.80 bits per heavy atom. The Balaban J connectivity index is 2.03. The lowest BCUT2D eigenvalue weighted by atomic mass is 10.2. The highest BCUT2D eigenvalue weighted by molar-refractivity contribution is 5.81. The van der Waals surface area contributed by atoms with E-state index in [1.54, 1.807) is 0 Å². The zero-order valence-corrected chi connectivity index (χ0v) is 11.8. The van der Waals surface area contributed by atoms with Gasteiger partial charge in [-0.25, -0.2) is 4.98 Å². The summed E-state index contributed by atoms with van der Waals surface area (Å²) in [6.45, 7) is 3.43. The molecule has 3 rings (SSSR count). The third-order valence-electron chi connectivity index (χ3n) is 3.62. The van der Waals surface area contributed by atoms with E-state index in [-0.39, 0.29) is 13.4 Å². The number of aryl methyl sites for hydroxylation is 2. The monoisotopic (exact) mass is 276 g/mol. The summed E-state index contributed by atoms with van der Waals surface area (Å²) in [6, 6.07) is 3.94. The first-order chi connectivity index (χ1) is 9.83. The highest BCUT2D eigenvalue weighted by Crippen LogP contribution is 2.36. The maximum absolute atomic E-state index is 9.08. The van der Waals surface area contributed by atoms with E-state index in [1.807, 2.05) is 12.1 Å². The number of rotatable bonds is 6. The van der Waals surface area contributed by atoms with E-state index < -0.39 is 0 Å². The Labute approximate surface area is 118 Å². The molecule has 0 atom stereocenters. The fourth-order valence-corrected chi connectivity index (χ4v) is 2.57. The van der Waals surface area contributed by atoms with Crippen molar-refractivity contribution >= 4 is 11.0 Å². The number of unbranched alkanes of at least 4 members (excludes halogenated alkanes) is 1. The third kappa shape index (κ3) is 2.33. The van der Waals surface area contributed by atoms with Gasteiger partial charge >= 0.3 is 0 Å². The Morgan fingerprint density at radius 2 is 2.05 bits per heavy atom. The minimum atomic E-state index is 0.192. The van der Waals surface area contributed by atoms with Gasteiger partial charge in [0, 0.05) is 31.7 Å². The van der Waals surface area contributed by atoms with Crippen LogP contribution in [0.15, 0.2) is 12.1 Å². The molecule has 2 aromatic rings. The molecule has 0 radical (unpaired) electrons. The van der Waals surface area contributed by atoms with Gasteiger partial charge in [0.05, 0.1) is 11.0 Å². The van der Waals surface area contributed by atoms with Gasteiger partial charge in [-0.15, -0.1) is 0 Å². The highest BCUT2D eigenvalue weighted by atomic mass is 16.7. The number of ether oxygens (including phenoxy) is 2. The molecule has 5 nitrogen and oxygen atoms in total. The molecule has 1 aromatic carbocycles. The molecule has 1 aliphatic rings. The molecule has 2 heterocycles. The fraction of sp³-hybridized carbons (Fsp3) is 0.533. The number of nitrogens with zero attached hydrogens (tertiary/aromatic N) is 2. The van der Waals surface area contributed by atoms with Crippen LogP contribution in [0.2, 0.25) is 0 Å². The van der Waals surface area contributed by atoms with Crippen molar-refractivity contribution in [2.75, 3.05) is 13.4 Å². The first-order valence-corrected chi connectivity index (χ1v) is 7.23. The van der Waals surface area contributed by atoms with Gasteiger partial charge < -0.3 is 19.1 Å². The molecule has 0 saturated carbocycles. The van der Waals surface area contributed by atoms with Crippen LogP contribution in [-0.2, 0) is 13.0 Å². The van der Waals surface area contributed by atoms with Gasteiger partial charge in [0.2, 0.25) is 6.79 Å². The minimum Gasteiger partial charge on any atom is -0.454 e. The Morgan fingerprint density at radius 1 is 1.25 bits per heavy atom. The van der Waals surface area contributed by atoms with Crippen LogP contribution in [0.25, 0.3) is 11.0 Å². The highest BCUT2D eigenvalue weighted by Gasteiger charge is 2.18. The second-order valence-electron chi connectivity index (χ2n) is 5.05. The lowest BCUT2D eigenvalue weighted by Crippen LogP contribution is -2.05. The molecule has 0 amide bonds. The van der Waals surface area contributed by atoms with Crippen LogP contribution >= 0.6 is 0 Å². The average molecular weight is 276 g/mol. The number of aliphatic hydroxyl groups is 1. The summed E-state index contributed by atoms with van der Waals surface area (Å²) in [6.07, 6.45) is 3.96. The first kappa shape index (κ1) is 13.2. The van der Waals surface area contributed by atoms with Gasteiger partial charge in [-0.2, -0.15) is 0 Å². The van der Waals surface area contributed by atoms with E-state index in [0.717, 1.165) is 60.6 Å². The quantitative estimate of drug-likeness (QED) is 0.880. The molecular formula is C15H20N2O3. The van der Waals surface area contributed by atoms with E-state index in [2.05, 4.69) is 11.5 Å². The lowest BCUT2D eigenvalue weighted by Gasteiger charge is -2.08. The zero-order chi connectivity index (χ0) is 13.9. The van der Waals surface area contributed by atoms with Crippen molar-refractivity contribution in [1.82, 2.24) is 9.55 Å². The van der Waals surface area contributed by atoms with Crippen molar-refractivity contribution in [2.24, 2.45) is 0 Å². The van der Waals surface area contributed by atoms with Crippen molar-refractivity contribution in [3.63, 3.8) is 0 Å². The molecule has 1 N–H and O–H groups in total. The van der Waals surface area contributed by atoms with Crippen LogP contribution in [0, 0.1) is 0 Å². The Bertz CT molecular complexity index is 607. The molecule has 0 fully saturated rings. The van der Waals surface area contributed by atoms with Gasteiger partial charge in [-0.3, -0.25) is 0 Å². The Hall–Kier alpha value is -1.75. The summed E-state index contributed by atoms with van der Waals surface area (Å²) in [5.41, 5.74) is 2.01. The minimum absolute atomic E-state index is 0.192. The molecule has 1 aliphatic heterocycles. The molecule has 20 heavy (non-hydrogen) atoms. The number of fused-ring (bicyclic) bond motifs is 2. The standard InChI is InChI=1S/C15H20N2O3/c1-2-3-5-15-16-11-8-13-14(20-10-19-13)9-12(11)17(15)6-4-7-18/h8-9,18H,2-7,10H2,1H3. The molecule has 108 valence electrons. The van der Waals surface area contributed by atoms with Gasteiger partial charge in [-0.1, -0.05) is 13.3 Å². The summed E-state index contributed by atoms with van der Waals surface area (Å²) >= 11 is 0. The van der Waals surface area contributed by atoms with Crippen LogP contribution in [0.4, 0.5) is 0 Å². The number of imidazole rings is 1. The van der Waals surface area contributed by atoms with Crippen LogP contribution in [-0.4, -0.2) is 28.1 Å². The average Bonchev–Trinajstić information content (AvgIpc) is 3.03. The van der Waals surface area contributed by atoms with Crippen LogP contribution < -0.4 is 9.47 Å². The number of hydrogen-bond acceptors (Lipinski definition) is 4. The number of hydrogen-bond donors (Lipinski definition) is 1. The molecule has 0 saturated heterocycles. The maximum Gasteiger partial charge on any atom is 0.231 e. The molecule has 0 aliphatic carbocycles. The van der Waals surface area contributed by atoms with E-state index in [1.165, 1.54) is 0 Å². The smallest absolute Gasteiger partial charge is 0.231 e. The fourth-order valence-electron chi connectivity index (χ4n) is 2.57. The summed E-state index contributed by atoms with van der Waals surface area (Å²) < 4.78 is 13.0. The predicted octanol–water partition coefficient (Wildman–Crippen LogP) is 2.49. The predicted molar refractivity (Wildman–Crippen MR) is 76.2 cm³/mol. The zero-order valence-electron chi connectivity index (χ0n) is 11.8. The van der Waals surface area contributed by atoms with Crippen molar-refractivity contribution in [1.29, 1.82) is 0 Å². The second-order valence-corrected chi connectivity index (χ2v) is 5.05. The maximum atomic E-state index is 9.08. The molecule has 0 bridgehead atoms. The SMILES string of the molecule is CCCCc1nc2cc3c(cc2n1CCCO)OCO3. The first-order valence-electron chi connectivity index (χ1n) is 7.23. The molecule has 5 heteroatoms. The normalized spacial score (nSPS) is 13.3. The molecule has 0 spiro atoms. The van der Waals surface area contributed by atoms with E-state index >= 15 is 0 Å². The summed E-state index contributed by atoms with van der Waals surface area (Å²) in [5.74, 6) is 2.63. The van der Waals surface area contributed by atoms with E-state index in [9.17, 15) is 0 Å². The summed E-state index contributed by atoms with van der Waals surface area (Å²) in [7, 11) is 0. The van der Waals surface area contributed by atoms with Crippen molar-refractivity contribution in [3.05, 3.63) is 18.0 Å². The Kier molecular flexibility index (Phi) is 3.78. The molecule has 1 aromatic heterocycles. The molecular weight excluding hydrogens is 256 g/mol. The van der Waals surface area contributed by atoms with Gasteiger partial charge in [-0.05, 0) is 12.8 Å². The summed E-state index contributed by atoms with van der Waals surface area (Å²) in [5, 5.41) is 9.08. The summed E-state index contributed by atoms with van der Waals surface area (Å²) in [4.78, 5) is 4.73. The lowest BCUT2D eigenvalue weighted by molar-refractivity contribution is 0.174. The number of aromatic nitrogens is 2. The largest absolute Gasteiger partial charge is 0.454 e. The van der Waals surface area contributed by atoms with Crippen molar-refractivity contribution in [3.8, 4) is 11.5 Å². The third-order valence-corrected chi connectivity index (χ3v) is 3.62. The van der Waals surface area contributed by atoms with Crippen LogP contribution in [0.1, 0.15) is 32.0 Å². The number of aliphatic hydroxyl groups excluding tert-OH is 1. The van der Waals surface area contributed by atoms with Crippen molar-refractivity contribution < 1.29 is 14.6 Å². The van der Waals surface area contributed by atoms with Gasteiger partial charge in [0.15, 0.2) is 11.5 Å². The molecule has 0 unspecified atom stereocenters. The van der Waals surface area contributed by atoms with E-state index in [4.69, 9.17) is 19.6 Å². The number of benzene rings is 1. The van der Waals surface area contributed by atoms with Gasteiger partial charge in [0.25, 0.3) is 0 Å². The van der Waals surface area contributed by atoms with Crippen molar-refractivity contribution in [2.45, 2.75) is 39.2 Å². The van der Waals surface area contributed by atoms with Gasteiger partial charge in [0.1, 0.15) is 5.82 Å². The second kappa shape index (κ2) is 5.71. The van der Waals surface area contributed by atoms with E-state index in [0.29, 0.717) is 0 Å². The van der Waals surface area contributed by atoms with Crippen LogP contribution in [0.3, 0.4) is 0 Å².